The van der Waals surface area contributed by atoms with Crippen LogP contribution in [0.4, 0.5) is 5.69 Å². The Kier molecular flexibility index (Phi) is 6.35. The van der Waals surface area contributed by atoms with E-state index >= 15 is 0 Å². The zero-order chi connectivity index (χ0) is 22.0. The molecule has 1 aromatic carbocycles. The van der Waals surface area contributed by atoms with E-state index in [1.54, 1.807) is 48.0 Å². The minimum Gasteiger partial charge on any atom is -0.357 e. The summed E-state index contributed by atoms with van der Waals surface area (Å²) in [5.41, 5.74) is 0.920. The smallest absolute Gasteiger partial charge is 0.246 e. The fraction of sp³-hybridized carbons (Fsp3) is 0.524. The summed E-state index contributed by atoms with van der Waals surface area (Å²) >= 11 is 0. The quantitative estimate of drug-likeness (QED) is 0.688. The number of amides is 4. The van der Waals surface area contributed by atoms with Gasteiger partial charge in [-0.3, -0.25) is 19.2 Å². The molecular formula is C21H30N4O4. The maximum Gasteiger partial charge on any atom is 0.246 e. The molecule has 0 fully saturated rings. The first-order valence-electron chi connectivity index (χ1n) is 9.52. The first-order chi connectivity index (χ1) is 13.4. The van der Waals surface area contributed by atoms with Gasteiger partial charge in [0.1, 0.15) is 5.54 Å². The lowest BCUT2D eigenvalue weighted by atomic mass is 9.93. The molecule has 4 amide bonds. The SMILES string of the molecule is CNC(=O)C1(N(C)C=O)Cc2ccc(NC(=O)CN(C)C(=O)C(C)(C)C)cc2C1. The van der Waals surface area contributed by atoms with Crippen LogP contribution in [-0.2, 0) is 32.0 Å². The van der Waals surface area contributed by atoms with Gasteiger partial charge in [0.25, 0.3) is 0 Å². The van der Waals surface area contributed by atoms with E-state index in [1.165, 1.54) is 9.80 Å². The molecule has 0 aromatic heterocycles. The number of hydrogen-bond acceptors (Lipinski definition) is 4. The van der Waals surface area contributed by atoms with E-state index in [-0.39, 0.29) is 24.3 Å². The van der Waals surface area contributed by atoms with Crippen molar-refractivity contribution in [3.05, 3.63) is 29.3 Å². The third-order valence-corrected chi connectivity index (χ3v) is 5.31. The van der Waals surface area contributed by atoms with Crippen LogP contribution in [-0.4, -0.2) is 67.2 Å². The minimum absolute atomic E-state index is 0.0523. The van der Waals surface area contributed by atoms with Gasteiger partial charge < -0.3 is 20.4 Å². The zero-order valence-corrected chi connectivity index (χ0v) is 18.0. The Morgan fingerprint density at radius 3 is 2.31 bits per heavy atom. The summed E-state index contributed by atoms with van der Waals surface area (Å²) in [5.74, 6) is -0.643. The molecule has 0 spiro atoms. The van der Waals surface area contributed by atoms with Crippen molar-refractivity contribution in [2.45, 2.75) is 39.2 Å². The number of fused-ring (bicyclic) bond motifs is 1. The highest BCUT2D eigenvalue weighted by Crippen LogP contribution is 2.35. The second-order valence-corrected chi connectivity index (χ2v) is 8.62. The number of anilines is 1. The number of nitrogens with zero attached hydrogens (tertiary/aromatic N) is 2. The van der Waals surface area contributed by atoms with Crippen molar-refractivity contribution in [2.24, 2.45) is 5.41 Å². The fourth-order valence-corrected chi connectivity index (χ4v) is 3.70. The average molecular weight is 402 g/mol. The molecule has 8 heteroatoms. The summed E-state index contributed by atoms with van der Waals surface area (Å²) in [6, 6.07) is 5.45. The highest BCUT2D eigenvalue weighted by molar-refractivity contribution is 5.95. The molecule has 1 aliphatic carbocycles. The molecule has 8 nitrogen and oxygen atoms in total. The number of nitrogens with one attached hydrogen (secondary N) is 2. The Morgan fingerprint density at radius 2 is 1.76 bits per heavy atom. The van der Waals surface area contributed by atoms with Crippen molar-refractivity contribution < 1.29 is 19.2 Å². The van der Waals surface area contributed by atoms with E-state index in [0.717, 1.165) is 11.1 Å². The summed E-state index contributed by atoms with van der Waals surface area (Å²) in [6.07, 6.45) is 1.43. The highest BCUT2D eigenvalue weighted by Gasteiger charge is 2.46. The van der Waals surface area contributed by atoms with Crippen LogP contribution in [0, 0.1) is 5.41 Å². The van der Waals surface area contributed by atoms with E-state index in [2.05, 4.69) is 10.6 Å². The van der Waals surface area contributed by atoms with E-state index < -0.39 is 11.0 Å². The number of rotatable bonds is 6. The molecule has 0 aliphatic heterocycles. The van der Waals surface area contributed by atoms with Gasteiger partial charge in [-0.05, 0) is 23.3 Å². The Bertz CT molecular complexity index is 830. The monoisotopic (exact) mass is 402 g/mol. The predicted molar refractivity (Wildman–Crippen MR) is 110 cm³/mol. The standard InChI is InChI=1S/C21H30N4O4/c1-20(2,3)19(29)24(5)12-17(27)23-16-8-7-14-10-21(18(28)22-4,25(6)13-26)11-15(14)9-16/h7-9,13H,10-12H2,1-6H3,(H,22,28)(H,23,27). The van der Waals surface area contributed by atoms with Crippen LogP contribution in [0.15, 0.2) is 18.2 Å². The molecule has 1 atom stereocenters. The van der Waals surface area contributed by atoms with Crippen LogP contribution in [0.5, 0.6) is 0 Å². The maximum atomic E-state index is 12.5. The Morgan fingerprint density at radius 1 is 1.14 bits per heavy atom. The fourth-order valence-electron chi connectivity index (χ4n) is 3.70. The van der Waals surface area contributed by atoms with Crippen LogP contribution in [0.3, 0.4) is 0 Å². The van der Waals surface area contributed by atoms with E-state index in [9.17, 15) is 19.2 Å². The molecular weight excluding hydrogens is 372 g/mol. The van der Waals surface area contributed by atoms with Crippen LogP contribution in [0.2, 0.25) is 0 Å². The van der Waals surface area contributed by atoms with Gasteiger partial charge >= 0.3 is 0 Å². The number of carbonyl (C=O) groups excluding carboxylic acids is 4. The summed E-state index contributed by atoms with van der Waals surface area (Å²) in [6.45, 7) is 5.36. The van der Waals surface area contributed by atoms with Crippen molar-refractivity contribution in [1.29, 1.82) is 0 Å². The molecule has 2 rings (SSSR count). The first-order valence-corrected chi connectivity index (χ1v) is 9.52. The highest BCUT2D eigenvalue weighted by atomic mass is 16.2. The molecule has 0 saturated carbocycles. The second kappa shape index (κ2) is 8.23. The predicted octanol–water partition coefficient (Wildman–Crippen LogP) is 0.801. The normalized spacial score (nSPS) is 17.9. The van der Waals surface area contributed by atoms with E-state index in [1.807, 2.05) is 12.1 Å². The molecule has 1 unspecified atom stereocenters. The Hall–Kier alpha value is -2.90. The van der Waals surface area contributed by atoms with Crippen LogP contribution < -0.4 is 10.6 Å². The zero-order valence-electron chi connectivity index (χ0n) is 18.0. The van der Waals surface area contributed by atoms with Crippen molar-refractivity contribution in [3.63, 3.8) is 0 Å². The third kappa shape index (κ3) is 4.58. The topological polar surface area (TPSA) is 98.8 Å². The van der Waals surface area contributed by atoms with Crippen molar-refractivity contribution in [1.82, 2.24) is 15.1 Å². The van der Waals surface area contributed by atoms with Gasteiger partial charge in [-0.2, -0.15) is 0 Å². The molecule has 158 valence electrons. The number of likely N-dealkylation sites (N-methyl/N-ethyl adjacent to an activating group) is 3. The lowest BCUT2D eigenvalue weighted by molar-refractivity contribution is -0.140. The van der Waals surface area contributed by atoms with Gasteiger partial charge in [-0.1, -0.05) is 26.8 Å². The average Bonchev–Trinajstić information content (AvgIpc) is 3.05. The molecule has 0 bridgehead atoms. The summed E-state index contributed by atoms with van der Waals surface area (Å²) in [4.78, 5) is 51.3. The van der Waals surface area contributed by atoms with E-state index in [4.69, 9.17) is 0 Å². The van der Waals surface area contributed by atoms with Crippen LogP contribution in [0.1, 0.15) is 31.9 Å². The van der Waals surface area contributed by atoms with Gasteiger partial charge in [0.15, 0.2) is 0 Å². The van der Waals surface area contributed by atoms with Gasteiger partial charge in [-0.15, -0.1) is 0 Å². The summed E-state index contributed by atoms with van der Waals surface area (Å²) < 4.78 is 0. The van der Waals surface area contributed by atoms with Crippen molar-refractivity contribution >= 4 is 29.8 Å². The van der Waals surface area contributed by atoms with Crippen molar-refractivity contribution in [2.75, 3.05) is 33.0 Å². The third-order valence-electron chi connectivity index (χ3n) is 5.31. The van der Waals surface area contributed by atoms with Crippen molar-refractivity contribution in [3.8, 4) is 0 Å². The largest absolute Gasteiger partial charge is 0.357 e. The number of benzene rings is 1. The number of carbonyl (C=O) groups is 4. The second-order valence-electron chi connectivity index (χ2n) is 8.62. The molecule has 0 saturated heterocycles. The van der Waals surface area contributed by atoms with Gasteiger partial charge in [0.2, 0.25) is 24.1 Å². The lowest BCUT2D eigenvalue weighted by Gasteiger charge is -2.34. The van der Waals surface area contributed by atoms with Crippen LogP contribution in [0.25, 0.3) is 0 Å². The minimum atomic E-state index is -0.971. The lowest BCUT2D eigenvalue weighted by Crippen LogP contribution is -2.57. The van der Waals surface area contributed by atoms with E-state index in [0.29, 0.717) is 24.9 Å². The molecule has 1 aromatic rings. The summed E-state index contributed by atoms with van der Waals surface area (Å²) in [5, 5.41) is 5.45. The Balaban J connectivity index is 2.14. The maximum absolute atomic E-state index is 12.5. The molecule has 29 heavy (non-hydrogen) atoms. The van der Waals surface area contributed by atoms with Gasteiger partial charge in [0, 0.05) is 45.1 Å². The molecule has 0 radical (unpaired) electrons. The van der Waals surface area contributed by atoms with Gasteiger partial charge in [-0.25, -0.2) is 0 Å². The molecule has 2 N–H and O–H groups in total. The van der Waals surface area contributed by atoms with Crippen LogP contribution >= 0.6 is 0 Å². The first kappa shape index (κ1) is 22.4. The molecule has 1 aliphatic rings. The summed E-state index contributed by atoms with van der Waals surface area (Å²) in [7, 11) is 4.74. The number of hydrogen-bond donors (Lipinski definition) is 2. The molecule has 0 heterocycles. The van der Waals surface area contributed by atoms with Gasteiger partial charge in [0.05, 0.1) is 6.54 Å². The Labute approximate surface area is 171 Å².